The lowest BCUT2D eigenvalue weighted by atomic mass is 10.1. The minimum Gasteiger partial charge on any atom is -0.314 e. The molecule has 0 saturated heterocycles. The van der Waals surface area contributed by atoms with E-state index in [1.54, 1.807) is 12.1 Å². The van der Waals surface area contributed by atoms with Gasteiger partial charge in [-0.3, -0.25) is 0 Å². The molecule has 1 aromatic carbocycles. The fourth-order valence-electron chi connectivity index (χ4n) is 2.29. The van der Waals surface area contributed by atoms with E-state index in [1.165, 1.54) is 32.1 Å². The molecule has 1 unspecified atom stereocenters. The molecule has 0 fully saturated rings. The Hall–Kier alpha value is -0.910. The van der Waals surface area contributed by atoms with E-state index in [1.807, 2.05) is 12.1 Å². The Labute approximate surface area is 129 Å². The molecular formula is C16H28N2O2S. The van der Waals surface area contributed by atoms with E-state index < -0.39 is 10.0 Å². The third-order valence-electron chi connectivity index (χ3n) is 3.65. The zero-order chi connectivity index (χ0) is 15.7. The molecule has 21 heavy (non-hydrogen) atoms. The van der Waals surface area contributed by atoms with Crippen LogP contribution in [-0.2, 0) is 16.4 Å². The van der Waals surface area contributed by atoms with E-state index in [9.17, 15) is 8.42 Å². The van der Waals surface area contributed by atoms with Crippen molar-refractivity contribution in [1.29, 1.82) is 0 Å². The quantitative estimate of drug-likeness (QED) is 0.653. The van der Waals surface area contributed by atoms with Crippen molar-refractivity contribution in [2.24, 2.45) is 5.14 Å². The zero-order valence-corrected chi connectivity index (χ0v) is 14.0. The summed E-state index contributed by atoms with van der Waals surface area (Å²) in [7, 11) is -3.58. The van der Waals surface area contributed by atoms with Gasteiger partial charge in [0.25, 0.3) is 0 Å². The first-order chi connectivity index (χ1) is 9.93. The Morgan fingerprint density at radius 1 is 1.14 bits per heavy atom. The van der Waals surface area contributed by atoms with Crippen LogP contribution in [0, 0.1) is 0 Å². The Bertz CT molecular complexity index is 498. The van der Waals surface area contributed by atoms with Crippen molar-refractivity contribution >= 4 is 10.0 Å². The smallest absolute Gasteiger partial charge is 0.238 e. The molecule has 4 nitrogen and oxygen atoms in total. The molecule has 0 aliphatic rings. The molecule has 0 saturated carbocycles. The molecule has 0 spiro atoms. The molecule has 3 N–H and O–H groups in total. The van der Waals surface area contributed by atoms with Crippen molar-refractivity contribution in [3.05, 3.63) is 29.8 Å². The van der Waals surface area contributed by atoms with Gasteiger partial charge >= 0.3 is 0 Å². The normalized spacial score (nSPS) is 13.3. The Kier molecular flexibility index (Phi) is 7.93. The average molecular weight is 312 g/mol. The largest absolute Gasteiger partial charge is 0.314 e. The maximum atomic E-state index is 11.2. The van der Waals surface area contributed by atoms with E-state index in [0.717, 1.165) is 18.5 Å². The highest BCUT2D eigenvalue weighted by Gasteiger charge is 2.06. The van der Waals surface area contributed by atoms with E-state index in [0.29, 0.717) is 6.04 Å². The van der Waals surface area contributed by atoms with Crippen molar-refractivity contribution in [1.82, 2.24) is 5.32 Å². The van der Waals surface area contributed by atoms with Gasteiger partial charge in [-0.1, -0.05) is 44.7 Å². The van der Waals surface area contributed by atoms with Crippen LogP contribution in [0.1, 0.15) is 51.5 Å². The monoisotopic (exact) mass is 312 g/mol. The molecule has 0 aliphatic carbocycles. The summed E-state index contributed by atoms with van der Waals surface area (Å²) in [6.45, 7) is 5.35. The number of sulfonamides is 1. The first-order valence-electron chi connectivity index (χ1n) is 7.78. The minimum atomic E-state index is -3.58. The number of nitrogens with two attached hydrogens (primary N) is 1. The summed E-state index contributed by atoms with van der Waals surface area (Å²) in [5.74, 6) is 0. The highest BCUT2D eigenvalue weighted by molar-refractivity contribution is 7.89. The maximum Gasteiger partial charge on any atom is 0.238 e. The summed E-state index contributed by atoms with van der Waals surface area (Å²) in [6.07, 6.45) is 7.30. The Morgan fingerprint density at radius 2 is 1.81 bits per heavy atom. The second-order valence-electron chi connectivity index (χ2n) is 5.64. The number of hydrogen-bond donors (Lipinski definition) is 2. The SMILES string of the molecule is CCCCCCC(C)NCCc1ccc(S(N)(=O)=O)cc1. The molecule has 120 valence electrons. The molecule has 0 aromatic heterocycles. The fraction of sp³-hybridized carbons (Fsp3) is 0.625. The lowest BCUT2D eigenvalue weighted by Crippen LogP contribution is -2.28. The fourth-order valence-corrected chi connectivity index (χ4v) is 2.80. The lowest BCUT2D eigenvalue weighted by molar-refractivity contribution is 0.486. The van der Waals surface area contributed by atoms with Crippen LogP contribution < -0.4 is 10.5 Å². The van der Waals surface area contributed by atoms with Crippen LogP contribution in [0.2, 0.25) is 0 Å². The van der Waals surface area contributed by atoms with E-state index in [2.05, 4.69) is 19.2 Å². The first kappa shape index (κ1) is 18.1. The van der Waals surface area contributed by atoms with Gasteiger partial charge in [0.15, 0.2) is 0 Å². The van der Waals surface area contributed by atoms with E-state index in [4.69, 9.17) is 5.14 Å². The first-order valence-corrected chi connectivity index (χ1v) is 9.33. The van der Waals surface area contributed by atoms with Gasteiger partial charge in [-0.2, -0.15) is 0 Å². The van der Waals surface area contributed by atoms with Crippen LogP contribution in [0.5, 0.6) is 0 Å². The molecule has 0 bridgehead atoms. The van der Waals surface area contributed by atoms with Gasteiger partial charge in [0.05, 0.1) is 4.90 Å². The number of rotatable bonds is 10. The highest BCUT2D eigenvalue weighted by Crippen LogP contribution is 2.09. The average Bonchev–Trinajstić information content (AvgIpc) is 2.43. The van der Waals surface area contributed by atoms with Crippen LogP contribution in [0.15, 0.2) is 29.2 Å². The molecule has 1 rings (SSSR count). The van der Waals surface area contributed by atoms with Crippen LogP contribution in [0.4, 0.5) is 0 Å². The van der Waals surface area contributed by atoms with Crippen molar-refractivity contribution in [3.63, 3.8) is 0 Å². The number of primary sulfonamides is 1. The van der Waals surface area contributed by atoms with Crippen molar-refractivity contribution < 1.29 is 8.42 Å². The van der Waals surface area contributed by atoms with Gasteiger partial charge in [0.1, 0.15) is 0 Å². The third kappa shape index (κ3) is 7.60. The topological polar surface area (TPSA) is 72.2 Å². The summed E-state index contributed by atoms with van der Waals surface area (Å²) in [4.78, 5) is 0.170. The van der Waals surface area contributed by atoms with Crippen molar-refractivity contribution in [3.8, 4) is 0 Å². The lowest BCUT2D eigenvalue weighted by Gasteiger charge is -2.13. The van der Waals surface area contributed by atoms with Crippen LogP contribution in [-0.4, -0.2) is 21.0 Å². The van der Waals surface area contributed by atoms with Gasteiger partial charge in [-0.05, 0) is 44.0 Å². The van der Waals surface area contributed by atoms with Gasteiger partial charge in [0.2, 0.25) is 10.0 Å². The van der Waals surface area contributed by atoms with Gasteiger partial charge < -0.3 is 5.32 Å². The Balaban J connectivity index is 2.26. The molecule has 0 aliphatic heterocycles. The maximum absolute atomic E-state index is 11.2. The molecule has 0 amide bonds. The molecule has 1 aromatic rings. The number of nitrogens with one attached hydrogen (secondary N) is 1. The van der Waals surface area contributed by atoms with E-state index in [-0.39, 0.29) is 4.90 Å². The molecule has 5 heteroatoms. The van der Waals surface area contributed by atoms with E-state index >= 15 is 0 Å². The summed E-state index contributed by atoms with van der Waals surface area (Å²) >= 11 is 0. The third-order valence-corrected chi connectivity index (χ3v) is 4.58. The van der Waals surface area contributed by atoms with Crippen LogP contribution in [0.25, 0.3) is 0 Å². The predicted molar refractivity (Wildman–Crippen MR) is 87.7 cm³/mol. The summed E-state index contributed by atoms with van der Waals surface area (Å²) in [5.41, 5.74) is 1.12. The number of unbranched alkanes of at least 4 members (excludes halogenated alkanes) is 3. The van der Waals surface area contributed by atoms with Crippen LogP contribution in [0.3, 0.4) is 0 Å². The second kappa shape index (κ2) is 9.18. The predicted octanol–water partition coefficient (Wildman–Crippen LogP) is 2.83. The number of hydrogen-bond acceptors (Lipinski definition) is 3. The summed E-state index contributed by atoms with van der Waals surface area (Å²) < 4.78 is 22.3. The molecule has 1 atom stereocenters. The Morgan fingerprint density at radius 3 is 2.38 bits per heavy atom. The van der Waals surface area contributed by atoms with Gasteiger partial charge in [-0.15, -0.1) is 0 Å². The minimum absolute atomic E-state index is 0.170. The van der Waals surface area contributed by atoms with Gasteiger partial charge in [-0.25, -0.2) is 13.6 Å². The second-order valence-corrected chi connectivity index (χ2v) is 7.20. The van der Waals surface area contributed by atoms with Crippen molar-refractivity contribution in [2.75, 3.05) is 6.54 Å². The zero-order valence-electron chi connectivity index (χ0n) is 13.1. The number of benzene rings is 1. The van der Waals surface area contributed by atoms with Gasteiger partial charge in [0, 0.05) is 6.04 Å². The van der Waals surface area contributed by atoms with Crippen LogP contribution >= 0.6 is 0 Å². The summed E-state index contributed by atoms with van der Waals surface area (Å²) in [6, 6.07) is 7.32. The summed E-state index contributed by atoms with van der Waals surface area (Å²) in [5, 5.41) is 8.58. The standard InChI is InChI=1S/C16H28N2O2S/c1-3-4-5-6-7-14(2)18-13-12-15-8-10-16(11-9-15)21(17,19)20/h8-11,14,18H,3-7,12-13H2,1-2H3,(H2,17,19,20). The highest BCUT2D eigenvalue weighted by atomic mass is 32.2. The molecule has 0 heterocycles. The molecular weight excluding hydrogens is 284 g/mol. The van der Waals surface area contributed by atoms with Crippen molar-refractivity contribution in [2.45, 2.75) is 63.3 Å². The molecule has 0 radical (unpaired) electrons.